The third kappa shape index (κ3) is 5.12. The van der Waals surface area contributed by atoms with E-state index in [2.05, 4.69) is 42.6 Å². The highest BCUT2D eigenvalue weighted by atomic mass is 16.5. The van der Waals surface area contributed by atoms with Gasteiger partial charge in [0.1, 0.15) is 11.5 Å². The topological polar surface area (TPSA) is 108 Å². The number of methoxy groups -OCH3 is 1. The Morgan fingerprint density at radius 2 is 1.92 bits per heavy atom. The first-order valence-corrected chi connectivity index (χ1v) is 13.3. The lowest BCUT2D eigenvalue weighted by molar-refractivity contribution is 0.136. The van der Waals surface area contributed by atoms with Crippen LogP contribution in [-0.4, -0.2) is 63.7 Å². The van der Waals surface area contributed by atoms with Gasteiger partial charge in [0.2, 0.25) is 5.88 Å². The van der Waals surface area contributed by atoms with Crippen LogP contribution in [0.4, 0.5) is 11.5 Å². The normalized spacial score (nSPS) is 17.2. The lowest BCUT2D eigenvalue weighted by Crippen LogP contribution is -2.59. The zero-order valence-electron chi connectivity index (χ0n) is 21.7. The number of piperazine rings is 1. The van der Waals surface area contributed by atoms with Crippen molar-refractivity contribution in [1.29, 1.82) is 0 Å². The van der Waals surface area contributed by atoms with Crippen molar-refractivity contribution in [3.8, 4) is 17.3 Å². The molecule has 9 heteroatoms. The monoisotopic (exact) mass is 511 g/mol. The van der Waals surface area contributed by atoms with Crippen molar-refractivity contribution >= 4 is 22.3 Å². The van der Waals surface area contributed by atoms with Crippen LogP contribution in [0.5, 0.6) is 5.88 Å². The molecule has 1 aliphatic carbocycles. The van der Waals surface area contributed by atoms with Gasteiger partial charge in [-0.2, -0.15) is 0 Å². The van der Waals surface area contributed by atoms with Gasteiger partial charge in [-0.25, -0.2) is 9.97 Å². The third-order valence-electron chi connectivity index (χ3n) is 7.79. The van der Waals surface area contributed by atoms with Crippen LogP contribution in [0, 0.1) is 0 Å². The first kappa shape index (κ1) is 24.5. The maximum absolute atomic E-state index is 12.7. The fourth-order valence-corrected chi connectivity index (χ4v) is 5.80. The van der Waals surface area contributed by atoms with Crippen molar-refractivity contribution in [2.75, 3.05) is 38.6 Å². The molecule has 0 atom stereocenters. The number of hydrogen-bond acceptors (Lipinski definition) is 8. The molecule has 3 N–H and O–H groups in total. The summed E-state index contributed by atoms with van der Waals surface area (Å²) in [5, 5.41) is 8.42. The van der Waals surface area contributed by atoms with Crippen LogP contribution in [0.1, 0.15) is 31.2 Å². The molecule has 0 amide bonds. The predicted octanol–water partition coefficient (Wildman–Crippen LogP) is 3.89. The van der Waals surface area contributed by atoms with Crippen molar-refractivity contribution in [2.45, 2.75) is 37.6 Å². The Morgan fingerprint density at radius 3 is 2.74 bits per heavy atom. The number of ether oxygens (including phenoxy) is 1. The van der Waals surface area contributed by atoms with Gasteiger partial charge in [0, 0.05) is 43.6 Å². The average molecular weight is 512 g/mol. The minimum Gasteiger partial charge on any atom is -0.480 e. The van der Waals surface area contributed by atoms with Gasteiger partial charge >= 0.3 is 0 Å². The SMILES string of the molecule is COc1cncc(-c2cc3cc[nH]c(=O)c3c(Nc3ccc(CCN4CCNC5(CCCC5)C4)cc3)n2)n1. The molecule has 38 heavy (non-hydrogen) atoms. The Morgan fingerprint density at radius 1 is 1.08 bits per heavy atom. The molecule has 6 rings (SSSR count). The van der Waals surface area contributed by atoms with Gasteiger partial charge in [0.15, 0.2) is 0 Å². The van der Waals surface area contributed by atoms with Gasteiger partial charge in [-0.1, -0.05) is 25.0 Å². The molecule has 1 aromatic carbocycles. The van der Waals surface area contributed by atoms with E-state index in [0.29, 0.717) is 34.0 Å². The summed E-state index contributed by atoms with van der Waals surface area (Å²) in [5.41, 5.74) is 3.48. The van der Waals surface area contributed by atoms with Gasteiger partial charge in [-0.05, 0) is 54.5 Å². The Balaban J connectivity index is 1.20. The molecule has 1 aliphatic heterocycles. The molecule has 196 valence electrons. The molecule has 1 saturated carbocycles. The second-order valence-electron chi connectivity index (χ2n) is 10.3. The Kier molecular flexibility index (Phi) is 6.78. The summed E-state index contributed by atoms with van der Waals surface area (Å²) in [6, 6.07) is 12.1. The summed E-state index contributed by atoms with van der Waals surface area (Å²) < 4.78 is 5.22. The smallest absolute Gasteiger partial charge is 0.259 e. The second kappa shape index (κ2) is 10.5. The molecule has 3 aromatic heterocycles. The molecule has 4 aromatic rings. The maximum Gasteiger partial charge on any atom is 0.259 e. The molecule has 1 spiro atoms. The summed E-state index contributed by atoms with van der Waals surface area (Å²) >= 11 is 0. The minimum absolute atomic E-state index is 0.201. The Labute approximate surface area is 221 Å². The van der Waals surface area contributed by atoms with E-state index in [0.717, 1.165) is 43.7 Å². The minimum atomic E-state index is -0.201. The predicted molar refractivity (Wildman–Crippen MR) is 149 cm³/mol. The quantitative estimate of drug-likeness (QED) is 0.343. The molecule has 2 fully saturated rings. The number of rotatable bonds is 7. The lowest BCUT2D eigenvalue weighted by atomic mass is 9.94. The molecular weight excluding hydrogens is 478 g/mol. The van der Waals surface area contributed by atoms with Crippen molar-refractivity contribution in [1.82, 2.24) is 30.2 Å². The number of nitrogens with zero attached hydrogens (tertiary/aromatic N) is 4. The summed E-state index contributed by atoms with van der Waals surface area (Å²) in [6.45, 7) is 4.43. The largest absolute Gasteiger partial charge is 0.480 e. The van der Waals surface area contributed by atoms with Crippen molar-refractivity contribution < 1.29 is 4.74 Å². The van der Waals surface area contributed by atoms with Gasteiger partial charge in [0.05, 0.1) is 30.6 Å². The molecule has 2 aliphatic rings. The molecular formula is C29H33N7O2. The average Bonchev–Trinajstić information content (AvgIpc) is 3.39. The molecule has 1 saturated heterocycles. The van der Waals surface area contributed by atoms with Crippen molar-refractivity contribution in [3.05, 3.63) is 70.9 Å². The number of fused-ring (bicyclic) bond motifs is 1. The molecule has 9 nitrogen and oxygen atoms in total. The third-order valence-corrected chi connectivity index (χ3v) is 7.79. The zero-order chi connectivity index (χ0) is 26.0. The van der Waals surface area contributed by atoms with Gasteiger partial charge in [0.25, 0.3) is 5.56 Å². The number of aromatic nitrogens is 4. The highest BCUT2D eigenvalue weighted by molar-refractivity contribution is 5.94. The Hall–Kier alpha value is -3.82. The highest BCUT2D eigenvalue weighted by Gasteiger charge is 2.37. The van der Waals surface area contributed by atoms with Crippen molar-refractivity contribution in [3.63, 3.8) is 0 Å². The number of hydrogen-bond donors (Lipinski definition) is 3. The maximum atomic E-state index is 12.7. The number of benzene rings is 1. The molecule has 0 radical (unpaired) electrons. The van der Waals surface area contributed by atoms with E-state index in [1.54, 1.807) is 25.7 Å². The van der Waals surface area contributed by atoms with E-state index < -0.39 is 0 Å². The lowest BCUT2D eigenvalue weighted by Gasteiger charge is -2.41. The summed E-state index contributed by atoms with van der Waals surface area (Å²) in [4.78, 5) is 31.5. The first-order valence-electron chi connectivity index (χ1n) is 13.3. The zero-order valence-corrected chi connectivity index (χ0v) is 21.7. The van der Waals surface area contributed by atoms with E-state index in [4.69, 9.17) is 9.72 Å². The standard InChI is InChI=1S/C29H33N7O2/c1-38-25-18-30-17-24(34-25)23-16-21-8-12-31-28(37)26(21)27(35-23)33-22-6-4-20(5-7-22)9-14-36-15-13-32-29(19-36)10-2-3-11-29/h4-8,12,16-18,32H,2-3,9-11,13-15,19H2,1H3,(H,31,37)(H,33,35). The summed E-state index contributed by atoms with van der Waals surface area (Å²) in [5.74, 6) is 0.874. The number of H-pyrrole nitrogens is 1. The van der Waals surface area contributed by atoms with Crippen LogP contribution in [0.15, 0.2) is 59.8 Å². The summed E-state index contributed by atoms with van der Waals surface area (Å²) in [7, 11) is 1.55. The fraction of sp³-hybridized carbons (Fsp3) is 0.379. The Bertz CT molecular complexity index is 1480. The van der Waals surface area contributed by atoms with Crippen LogP contribution < -0.4 is 20.9 Å². The van der Waals surface area contributed by atoms with Crippen LogP contribution in [-0.2, 0) is 6.42 Å². The van der Waals surface area contributed by atoms with E-state index >= 15 is 0 Å². The van der Waals surface area contributed by atoms with E-state index in [1.165, 1.54) is 31.2 Å². The van der Waals surface area contributed by atoms with E-state index in [9.17, 15) is 4.79 Å². The van der Waals surface area contributed by atoms with Gasteiger partial charge in [-0.3, -0.25) is 14.7 Å². The number of anilines is 2. The van der Waals surface area contributed by atoms with Crippen LogP contribution in [0.3, 0.4) is 0 Å². The number of aromatic amines is 1. The van der Waals surface area contributed by atoms with Crippen molar-refractivity contribution in [2.24, 2.45) is 0 Å². The highest BCUT2D eigenvalue weighted by Crippen LogP contribution is 2.32. The second-order valence-corrected chi connectivity index (χ2v) is 10.3. The number of pyridine rings is 2. The van der Waals surface area contributed by atoms with Crippen LogP contribution in [0.2, 0.25) is 0 Å². The molecule has 0 bridgehead atoms. The summed E-state index contributed by atoms with van der Waals surface area (Å²) in [6.07, 6.45) is 11.1. The number of nitrogens with one attached hydrogen (secondary N) is 3. The van der Waals surface area contributed by atoms with E-state index in [1.807, 2.05) is 24.3 Å². The fourth-order valence-electron chi connectivity index (χ4n) is 5.80. The van der Waals surface area contributed by atoms with Crippen LogP contribution >= 0.6 is 0 Å². The molecule has 4 heterocycles. The van der Waals surface area contributed by atoms with E-state index in [-0.39, 0.29) is 5.56 Å². The molecule has 0 unspecified atom stereocenters. The first-order chi connectivity index (χ1) is 18.6. The van der Waals surface area contributed by atoms with Crippen LogP contribution in [0.25, 0.3) is 22.2 Å². The van der Waals surface area contributed by atoms with Gasteiger partial charge in [-0.15, -0.1) is 0 Å². The van der Waals surface area contributed by atoms with Gasteiger partial charge < -0.3 is 20.4 Å².